The number of amides is 1. The summed E-state index contributed by atoms with van der Waals surface area (Å²) in [7, 11) is -2.50. The first-order valence-electron chi connectivity index (χ1n) is 7.47. The predicted octanol–water partition coefficient (Wildman–Crippen LogP) is 1.26. The van der Waals surface area contributed by atoms with Crippen LogP contribution in [0.3, 0.4) is 0 Å². The van der Waals surface area contributed by atoms with E-state index in [9.17, 15) is 13.2 Å². The van der Waals surface area contributed by atoms with Crippen LogP contribution in [0.15, 0.2) is 53.4 Å². The van der Waals surface area contributed by atoms with Gasteiger partial charge in [0.25, 0.3) is 15.9 Å². The predicted molar refractivity (Wildman–Crippen MR) is 90.6 cm³/mol. The van der Waals surface area contributed by atoms with Crippen molar-refractivity contribution in [1.82, 2.24) is 5.32 Å². The number of ether oxygens (including phenoxy) is 1. The van der Waals surface area contributed by atoms with Crippen molar-refractivity contribution in [3.8, 4) is 11.8 Å². The molecule has 0 saturated heterocycles. The highest BCUT2D eigenvalue weighted by Crippen LogP contribution is 2.36. The summed E-state index contributed by atoms with van der Waals surface area (Å²) in [6.07, 6.45) is -0.964. The van der Waals surface area contributed by atoms with Crippen LogP contribution in [0.5, 0.6) is 5.75 Å². The summed E-state index contributed by atoms with van der Waals surface area (Å²) in [5.41, 5.74) is 0.593. The molecule has 0 bridgehead atoms. The Morgan fingerprint density at radius 2 is 2.04 bits per heavy atom. The molecule has 0 saturated carbocycles. The Morgan fingerprint density at radius 1 is 1.28 bits per heavy atom. The summed E-state index contributed by atoms with van der Waals surface area (Å²) in [6.45, 7) is -0.157. The highest BCUT2D eigenvalue weighted by atomic mass is 32.2. The topological polar surface area (TPSA) is 99.5 Å². The van der Waals surface area contributed by atoms with Gasteiger partial charge in [-0.15, -0.1) is 0 Å². The number of benzene rings is 2. The quantitative estimate of drug-likeness (QED) is 0.891. The molecule has 0 spiro atoms. The average molecular weight is 357 g/mol. The molecule has 1 unspecified atom stereocenters. The Bertz CT molecular complexity index is 966. The lowest BCUT2D eigenvalue weighted by molar-refractivity contribution is -0.127. The van der Waals surface area contributed by atoms with E-state index in [4.69, 9.17) is 10.00 Å². The van der Waals surface area contributed by atoms with E-state index in [1.54, 1.807) is 24.3 Å². The maximum Gasteiger partial charge on any atom is 0.264 e. The third-order valence-electron chi connectivity index (χ3n) is 3.82. The zero-order chi connectivity index (χ0) is 18.0. The minimum Gasteiger partial charge on any atom is -0.476 e. The molecule has 0 fully saturated rings. The van der Waals surface area contributed by atoms with Gasteiger partial charge in [0.1, 0.15) is 5.75 Å². The van der Waals surface area contributed by atoms with Crippen molar-refractivity contribution >= 4 is 21.6 Å². The van der Waals surface area contributed by atoms with Crippen LogP contribution in [-0.2, 0) is 14.8 Å². The fraction of sp³-hybridized carbons (Fsp3) is 0.176. The largest absolute Gasteiger partial charge is 0.476 e. The van der Waals surface area contributed by atoms with Gasteiger partial charge >= 0.3 is 0 Å². The lowest BCUT2D eigenvalue weighted by atomic mass is 10.2. The van der Waals surface area contributed by atoms with E-state index in [2.05, 4.69) is 5.32 Å². The SMILES string of the molecule is CNC(=O)C1CN(S(=O)(=O)c2cccc(C#N)c2)c2ccccc2O1. The van der Waals surface area contributed by atoms with Crippen molar-refractivity contribution in [3.05, 3.63) is 54.1 Å². The Kier molecular flexibility index (Phi) is 4.33. The van der Waals surface area contributed by atoms with E-state index in [1.165, 1.54) is 31.3 Å². The van der Waals surface area contributed by atoms with Crippen molar-refractivity contribution in [2.75, 3.05) is 17.9 Å². The molecule has 2 aromatic carbocycles. The van der Waals surface area contributed by atoms with Crippen LogP contribution < -0.4 is 14.4 Å². The highest BCUT2D eigenvalue weighted by Gasteiger charge is 2.37. The molecule has 2 aromatic rings. The van der Waals surface area contributed by atoms with Crippen LogP contribution in [0.2, 0.25) is 0 Å². The van der Waals surface area contributed by atoms with E-state index >= 15 is 0 Å². The van der Waals surface area contributed by atoms with Crippen LogP contribution in [0.1, 0.15) is 5.56 Å². The standard InChI is InChI=1S/C17H15N3O4S/c1-19-17(21)16-11-20(14-7-2-3-8-15(14)24-16)25(22,23)13-6-4-5-12(9-13)10-18/h2-9,16H,11H2,1H3,(H,19,21). The fourth-order valence-electron chi connectivity index (χ4n) is 2.58. The lowest BCUT2D eigenvalue weighted by Gasteiger charge is -2.34. The Balaban J connectivity index is 2.10. The van der Waals surface area contributed by atoms with Gasteiger partial charge in [0.2, 0.25) is 0 Å². The lowest BCUT2D eigenvalue weighted by Crippen LogP contribution is -2.50. The van der Waals surface area contributed by atoms with Gasteiger partial charge in [-0.05, 0) is 30.3 Å². The third kappa shape index (κ3) is 3.02. The first kappa shape index (κ1) is 16.8. The molecule has 1 amide bonds. The number of likely N-dealkylation sites (N-methyl/N-ethyl adjacent to an activating group) is 1. The van der Waals surface area contributed by atoms with Crippen molar-refractivity contribution in [2.24, 2.45) is 0 Å². The van der Waals surface area contributed by atoms with Crippen LogP contribution in [-0.4, -0.2) is 34.0 Å². The smallest absolute Gasteiger partial charge is 0.264 e. The molecule has 0 radical (unpaired) electrons. The summed E-state index contributed by atoms with van der Waals surface area (Å²) in [4.78, 5) is 12.0. The molecule has 1 N–H and O–H groups in total. The number of sulfonamides is 1. The highest BCUT2D eigenvalue weighted by molar-refractivity contribution is 7.92. The van der Waals surface area contributed by atoms with E-state index < -0.39 is 22.0 Å². The van der Waals surface area contributed by atoms with E-state index in [1.807, 2.05) is 6.07 Å². The first-order valence-corrected chi connectivity index (χ1v) is 8.91. The summed E-state index contributed by atoms with van der Waals surface area (Å²) < 4.78 is 33.0. The number of nitriles is 1. The normalized spacial score (nSPS) is 16.3. The summed E-state index contributed by atoms with van der Waals surface area (Å²) >= 11 is 0. The van der Waals surface area contributed by atoms with Crippen LogP contribution in [0.4, 0.5) is 5.69 Å². The molecule has 3 rings (SSSR count). The molecule has 25 heavy (non-hydrogen) atoms. The van der Waals surface area contributed by atoms with Crippen LogP contribution in [0.25, 0.3) is 0 Å². The number of fused-ring (bicyclic) bond motifs is 1. The monoisotopic (exact) mass is 357 g/mol. The molecular formula is C17H15N3O4S. The minimum atomic E-state index is -3.96. The number of nitrogens with zero attached hydrogens (tertiary/aromatic N) is 2. The molecule has 0 aromatic heterocycles. The van der Waals surface area contributed by atoms with Gasteiger partial charge < -0.3 is 10.1 Å². The van der Waals surface area contributed by atoms with E-state index in [-0.39, 0.29) is 17.0 Å². The zero-order valence-electron chi connectivity index (χ0n) is 13.3. The number of para-hydroxylation sites is 2. The Morgan fingerprint density at radius 3 is 2.76 bits per heavy atom. The molecule has 1 aliphatic rings. The number of rotatable bonds is 3. The van der Waals surface area contributed by atoms with Gasteiger partial charge in [-0.2, -0.15) is 5.26 Å². The van der Waals surface area contributed by atoms with Crippen molar-refractivity contribution in [3.63, 3.8) is 0 Å². The van der Waals surface area contributed by atoms with E-state index in [0.29, 0.717) is 11.4 Å². The number of hydrogen-bond donors (Lipinski definition) is 1. The average Bonchev–Trinajstić information content (AvgIpc) is 2.66. The number of carbonyl (C=O) groups is 1. The second kappa shape index (κ2) is 6.45. The molecule has 128 valence electrons. The maximum absolute atomic E-state index is 13.1. The Labute approximate surface area is 145 Å². The minimum absolute atomic E-state index is 0.0149. The number of hydrogen-bond acceptors (Lipinski definition) is 5. The molecular weight excluding hydrogens is 342 g/mol. The maximum atomic E-state index is 13.1. The Hall–Kier alpha value is -3.05. The molecule has 7 nitrogen and oxygen atoms in total. The van der Waals surface area contributed by atoms with E-state index in [0.717, 1.165) is 4.31 Å². The molecule has 0 aliphatic carbocycles. The van der Waals surface area contributed by atoms with Crippen LogP contribution >= 0.6 is 0 Å². The molecule has 8 heteroatoms. The first-order chi connectivity index (χ1) is 12.0. The van der Waals surface area contributed by atoms with Gasteiger partial charge in [-0.3, -0.25) is 9.10 Å². The fourth-order valence-corrected chi connectivity index (χ4v) is 4.10. The summed E-state index contributed by atoms with van der Waals surface area (Å²) in [6, 6.07) is 14.3. The molecule has 1 atom stereocenters. The zero-order valence-corrected chi connectivity index (χ0v) is 14.2. The van der Waals surface area contributed by atoms with Gasteiger partial charge in [-0.1, -0.05) is 18.2 Å². The second-order valence-corrected chi connectivity index (χ2v) is 7.23. The second-order valence-electron chi connectivity index (χ2n) is 5.36. The van der Waals surface area contributed by atoms with Crippen molar-refractivity contribution in [1.29, 1.82) is 5.26 Å². The summed E-state index contributed by atoms with van der Waals surface area (Å²) in [5, 5.41) is 11.5. The van der Waals surface area contributed by atoms with Crippen LogP contribution in [0, 0.1) is 11.3 Å². The van der Waals surface area contributed by atoms with Gasteiger partial charge in [-0.25, -0.2) is 8.42 Å². The van der Waals surface area contributed by atoms with Gasteiger partial charge in [0.15, 0.2) is 6.10 Å². The number of anilines is 1. The molecule has 1 aliphatic heterocycles. The van der Waals surface area contributed by atoms with Crippen molar-refractivity contribution in [2.45, 2.75) is 11.0 Å². The number of nitrogens with one attached hydrogen (secondary N) is 1. The van der Waals surface area contributed by atoms with Gasteiger partial charge in [0.05, 0.1) is 28.8 Å². The van der Waals surface area contributed by atoms with Crippen molar-refractivity contribution < 1.29 is 17.9 Å². The number of carbonyl (C=O) groups excluding carboxylic acids is 1. The third-order valence-corrected chi connectivity index (χ3v) is 5.60. The van der Waals surface area contributed by atoms with Gasteiger partial charge in [0, 0.05) is 7.05 Å². The molecule has 1 heterocycles. The summed E-state index contributed by atoms with van der Waals surface area (Å²) in [5.74, 6) is -0.108.